The van der Waals surface area contributed by atoms with Crippen LogP contribution in [0.2, 0.25) is 0 Å². The van der Waals surface area contributed by atoms with Crippen molar-refractivity contribution >= 4 is 27.8 Å². The number of nitrogens with zero attached hydrogens (tertiary/aromatic N) is 3. The Bertz CT molecular complexity index is 1490. The molecule has 0 spiro atoms. The van der Waals surface area contributed by atoms with Crippen LogP contribution in [0.25, 0.3) is 5.69 Å². The molecule has 0 fully saturated rings. The molecular weight excluding hydrogens is 472 g/mol. The van der Waals surface area contributed by atoms with E-state index in [0.29, 0.717) is 5.69 Å². The number of aromatic nitrogens is 1. The summed E-state index contributed by atoms with van der Waals surface area (Å²) in [6, 6.07) is 26.8. The van der Waals surface area contributed by atoms with Gasteiger partial charge in [-0.1, -0.05) is 48.5 Å². The number of hydrazone groups is 1. The Kier molecular flexibility index (Phi) is 7.36. The maximum Gasteiger partial charge on any atom is 0.264 e. The van der Waals surface area contributed by atoms with Gasteiger partial charge in [-0.3, -0.25) is 9.10 Å². The summed E-state index contributed by atoms with van der Waals surface area (Å²) in [5, 5.41) is 4.11. The van der Waals surface area contributed by atoms with Gasteiger partial charge in [0.25, 0.3) is 15.9 Å². The second kappa shape index (κ2) is 10.6. The largest absolute Gasteiger partial charge is 0.318 e. The van der Waals surface area contributed by atoms with Gasteiger partial charge in [0.05, 0.1) is 16.8 Å². The molecule has 4 rings (SSSR count). The zero-order chi connectivity index (χ0) is 25.7. The minimum absolute atomic E-state index is 0.105. The number of amides is 1. The van der Waals surface area contributed by atoms with Crippen molar-refractivity contribution in [1.82, 2.24) is 9.99 Å². The van der Waals surface area contributed by atoms with Crippen molar-refractivity contribution in [2.24, 2.45) is 5.10 Å². The number of anilines is 1. The van der Waals surface area contributed by atoms with Gasteiger partial charge in [-0.25, -0.2) is 13.8 Å². The van der Waals surface area contributed by atoms with Crippen molar-refractivity contribution in [3.8, 4) is 5.69 Å². The van der Waals surface area contributed by atoms with E-state index < -0.39 is 22.5 Å². The predicted molar refractivity (Wildman–Crippen MR) is 143 cm³/mol. The fourth-order valence-corrected chi connectivity index (χ4v) is 5.49. The molecule has 36 heavy (non-hydrogen) atoms. The van der Waals surface area contributed by atoms with Gasteiger partial charge >= 0.3 is 0 Å². The van der Waals surface area contributed by atoms with E-state index in [2.05, 4.69) is 21.2 Å². The first-order chi connectivity index (χ1) is 17.3. The highest BCUT2D eigenvalue weighted by molar-refractivity contribution is 7.92. The lowest BCUT2D eigenvalue weighted by molar-refractivity contribution is -0.119. The van der Waals surface area contributed by atoms with Crippen LogP contribution in [-0.2, 0) is 14.8 Å². The number of sulfonamides is 1. The summed E-state index contributed by atoms with van der Waals surface area (Å²) in [5.74, 6) is -0.554. The number of carbonyl (C=O) groups is 1. The van der Waals surface area contributed by atoms with Crippen LogP contribution in [0.1, 0.15) is 22.5 Å². The topological polar surface area (TPSA) is 83.8 Å². The van der Waals surface area contributed by atoms with Gasteiger partial charge in [0.2, 0.25) is 0 Å². The summed E-state index contributed by atoms with van der Waals surface area (Å²) in [4.78, 5) is 12.9. The lowest BCUT2D eigenvalue weighted by atomic mass is 10.2. The first-order valence-corrected chi connectivity index (χ1v) is 12.9. The fraction of sp³-hybridized carbons (Fsp3) is 0.143. The van der Waals surface area contributed by atoms with Gasteiger partial charge in [-0.15, -0.1) is 0 Å². The lowest BCUT2D eigenvalue weighted by Gasteiger charge is -2.23. The normalized spacial score (nSPS) is 11.5. The van der Waals surface area contributed by atoms with Crippen LogP contribution in [-0.4, -0.2) is 31.7 Å². The average molecular weight is 501 g/mol. The fourth-order valence-electron chi connectivity index (χ4n) is 4.05. The molecule has 8 heteroatoms. The molecule has 0 aliphatic rings. The van der Waals surface area contributed by atoms with Crippen molar-refractivity contribution in [3.05, 3.63) is 114 Å². The first-order valence-electron chi connectivity index (χ1n) is 11.5. The Morgan fingerprint density at radius 3 is 2.25 bits per heavy atom. The molecule has 1 amide bonds. The van der Waals surface area contributed by atoms with Crippen molar-refractivity contribution in [2.75, 3.05) is 10.8 Å². The molecule has 1 aromatic heterocycles. The van der Waals surface area contributed by atoms with Crippen LogP contribution < -0.4 is 9.73 Å². The second-order valence-corrected chi connectivity index (χ2v) is 10.3. The minimum Gasteiger partial charge on any atom is -0.318 e. The van der Waals surface area contributed by atoms with E-state index in [-0.39, 0.29) is 4.90 Å². The van der Waals surface area contributed by atoms with Crippen molar-refractivity contribution < 1.29 is 13.2 Å². The van der Waals surface area contributed by atoms with Crippen LogP contribution in [0, 0.1) is 20.8 Å². The number of hydrogen-bond donors (Lipinski definition) is 1. The molecule has 3 aromatic carbocycles. The minimum atomic E-state index is -3.95. The Morgan fingerprint density at radius 2 is 1.58 bits per heavy atom. The molecule has 1 heterocycles. The Morgan fingerprint density at radius 1 is 0.917 bits per heavy atom. The third kappa shape index (κ3) is 5.39. The molecule has 0 saturated carbocycles. The van der Waals surface area contributed by atoms with E-state index in [1.807, 2.05) is 45.0 Å². The van der Waals surface area contributed by atoms with Gasteiger partial charge < -0.3 is 4.57 Å². The number of para-hydroxylation sites is 1. The van der Waals surface area contributed by atoms with Crippen LogP contribution >= 0.6 is 0 Å². The SMILES string of the molecule is Cc1cccc(-n2c(C)cc(/C=N\NC(=O)CN(c3ccccc3)S(=O)(=O)c3ccccc3)c2C)c1. The Hall–Kier alpha value is -4.17. The van der Waals surface area contributed by atoms with Crippen LogP contribution in [0.5, 0.6) is 0 Å². The smallest absolute Gasteiger partial charge is 0.264 e. The molecular formula is C28H28N4O3S. The summed E-state index contributed by atoms with van der Waals surface area (Å²) < 4.78 is 29.8. The zero-order valence-electron chi connectivity index (χ0n) is 20.4. The number of benzene rings is 3. The van der Waals surface area contributed by atoms with E-state index in [0.717, 1.165) is 32.5 Å². The molecule has 7 nitrogen and oxygen atoms in total. The molecule has 0 radical (unpaired) electrons. The number of hydrogen-bond acceptors (Lipinski definition) is 4. The van der Waals surface area contributed by atoms with Crippen molar-refractivity contribution in [1.29, 1.82) is 0 Å². The van der Waals surface area contributed by atoms with Gasteiger partial charge in [0, 0.05) is 22.6 Å². The Labute approximate surface area is 211 Å². The van der Waals surface area contributed by atoms with Gasteiger partial charge in [-0.05, 0) is 68.8 Å². The maximum absolute atomic E-state index is 13.3. The first kappa shape index (κ1) is 24.9. The van der Waals surface area contributed by atoms with Crippen molar-refractivity contribution in [2.45, 2.75) is 25.7 Å². The standard InChI is InChI=1S/C28H28N4O3S/c1-21-11-10-14-26(17-21)32-22(2)18-24(23(32)3)19-29-30-28(33)20-31(25-12-6-4-7-13-25)36(34,35)27-15-8-5-9-16-27/h4-19H,20H2,1-3H3,(H,30,33)/b29-19-. The number of carbonyl (C=O) groups excluding carboxylic acids is 1. The summed E-state index contributed by atoms with van der Waals surface area (Å²) in [6.45, 7) is 5.63. The summed E-state index contributed by atoms with van der Waals surface area (Å²) in [5.41, 5.74) is 7.95. The van der Waals surface area contributed by atoms with E-state index in [9.17, 15) is 13.2 Å². The number of aryl methyl sites for hydroxylation is 2. The highest BCUT2D eigenvalue weighted by atomic mass is 32.2. The quantitative estimate of drug-likeness (QED) is 0.280. The molecule has 0 saturated heterocycles. The van der Waals surface area contributed by atoms with Crippen molar-refractivity contribution in [3.63, 3.8) is 0 Å². The van der Waals surface area contributed by atoms with E-state index in [1.54, 1.807) is 54.7 Å². The zero-order valence-corrected chi connectivity index (χ0v) is 21.2. The van der Waals surface area contributed by atoms with Gasteiger partial charge in [-0.2, -0.15) is 5.10 Å². The summed E-state index contributed by atoms with van der Waals surface area (Å²) in [7, 11) is -3.95. The number of nitrogens with one attached hydrogen (secondary N) is 1. The molecule has 184 valence electrons. The molecule has 0 aliphatic carbocycles. The third-order valence-corrected chi connectivity index (χ3v) is 7.57. The van der Waals surface area contributed by atoms with Crippen LogP contribution in [0.3, 0.4) is 0 Å². The summed E-state index contributed by atoms with van der Waals surface area (Å²) in [6.07, 6.45) is 1.57. The van der Waals surface area contributed by atoms with Gasteiger partial charge in [0.15, 0.2) is 0 Å². The lowest BCUT2D eigenvalue weighted by Crippen LogP contribution is -2.39. The second-order valence-electron chi connectivity index (χ2n) is 8.45. The Balaban J connectivity index is 1.53. The number of rotatable bonds is 8. The predicted octanol–water partition coefficient (Wildman–Crippen LogP) is 4.75. The van der Waals surface area contributed by atoms with Crippen LogP contribution in [0.4, 0.5) is 5.69 Å². The summed E-state index contributed by atoms with van der Waals surface area (Å²) >= 11 is 0. The highest BCUT2D eigenvalue weighted by Crippen LogP contribution is 2.23. The monoisotopic (exact) mass is 500 g/mol. The van der Waals surface area contributed by atoms with E-state index in [4.69, 9.17) is 0 Å². The molecule has 0 unspecified atom stereocenters. The average Bonchev–Trinajstić information content (AvgIpc) is 3.16. The molecule has 0 atom stereocenters. The molecule has 4 aromatic rings. The molecule has 0 aliphatic heterocycles. The maximum atomic E-state index is 13.3. The molecule has 0 bridgehead atoms. The van der Waals surface area contributed by atoms with Gasteiger partial charge in [0.1, 0.15) is 6.54 Å². The third-order valence-electron chi connectivity index (χ3n) is 5.79. The van der Waals surface area contributed by atoms with E-state index >= 15 is 0 Å². The highest BCUT2D eigenvalue weighted by Gasteiger charge is 2.26. The van der Waals surface area contributed by atoms with E-state index in [1.165, 1.54) is 12.1 Å². The molecule has 1 N–H and O–H groups in total. The van der Waals surface area contributed by atoms with Crippen LogP contribution in [0.15, 0.2) is 101 Å².